The fourth-order valence-electron chi connectivity index (χ4n) is 3.08. The van der Waals surface area contributed by atoms with Gasteiger partial charge >= 0.3 is 0 Å². The summed E-state index contributed by atoms with van der Waals surface area (Å²) in [5.74, 6) is 1.53. The summed E-state index contributed by atoms with van der Waals surface area (Å²) in [6.07, 6.45) is 2.52. The van der Waals surface area contributed by atoms with Crippen molar-refractivity contribution >= 4 is 16.7 Å². The molecule has 1 saturated heterocycles. The van der Waals surface area contributed by atoms with Gasteiger partial charge in [-0.25, -0.2) is 4.98 Å². The van der Waals surface area contributed by atoms with Gasteiger partial charge in [-0.15, -0.1) is 0 Å². The molecule has 2 heterocycles. The summed E-state index contributed by atoms with van der Waals surface area (Å²) in [6.45, 7) is 7.54. The molecule has 0 N–H and O–H groups in total. The Bertz CT molecular complexity index is 576. The normalized spacial score (nSPS) is 23.1. The Morgan fingerprint density at radius 1 is 1.20 bits per heavy atom. The van der Waals surface area contributed by atoms with E-state index in [0.29, 0.717) is 12.0 Å². The third kappa shape index (κ3) is 2.57. The summed E-state index contributed by atoms with van der Waals surface area (Å²) < 4.78 is 4.35. The van der Waals surface area contributed by atoms with E-state index in [1.165, 1.54) is 35.5 Å². The van der Waals surface area contributed by atoms with Crippen LogP contribution in [0.4, 0.5) is 5.13 Å². The zero-order chi connectivity index (χ0) is 14.1. The maximum absolute atomic E-state index is 4.60. The SMILES string of the molecule is Cc1ccc(C2C(C)CCCN2c2nc(C)ns2)cc1. The van der Waals surface area contributed by atoms with Crippen molar-refractivity contribution in [2.75, 3.05) is 11.4 Å². The van der Waals surface area contributed by atoms with Gasteiger partial charge in [0.2, 0.25) is 5.13 Å². The van der Waals surface area contributed by atoms with Crippen molar-refractivity contribution in [1.82, 2.24) is 9.36 Å². The van der Waals surface area contributed by atoms with Gasteiger partial charge in [0.15, 0.2) is 0 Å². The molecule has 4 heteroatoms. The first kappa shape index (κ1) is 13.6. The van der Waals surface area contributed by atoms with E-state index in [4.69, 9.17) is 0 Å². The van der Waals surface area contributed by atoms with Gasteiger partial charge in [-0.1, -0.05) is 36.8 Å². The summed E-state index contributed by atoms with van der Waals surface area (Å²) in [5, 5.41) is 1.07. The van der Waals surface area contributed by atoms with Crippen LogP contribution in [0.3, 0.4) is 0 Å². The molecular weight excluding hydrogens is 266 g/mol. The molecule has 3 nitrogen and oxygen atoms in total. The minimum Gasteiger partial charge on any atom is -0.340 e. The van der Waals surface area contributed by atoms with Gasteiger partial charge in [0.25, 0.3) is 0 Å². The number of aromatic nitrogens is 2. The smallest absolute Gasteiger partial charge is 0.205 e. The van der Waals surface area contributed by atoms with Crippen LogP contribution < -0.4 is 4.90 Å². The first-order valence-electron chi connectivity index (χ1n) is 7.28. The van der Waals surface area contributed by atoms with E-state index in [0.717, 1.165) is 17.5 Å². The topological polar surface area (TPSA) is 29.0 Å². The average Bonchev–Trinajstić information content (AvgIpc) is 2.86. The maximum Gasteiger partial charge on any atom is 0.205 e. The van der Waals surface area contributed by atoms with E-state index in [1.807, 2.05) is 6.92 Å². The summed E-state index contributed by atoms with van der Waals surface area (Å²) >= 11 is 1.52. The quantitative estimate of drug-likeness (QED) is 0.831. The first-order valence-corrected chi connectivity index (χ1v) is 8.06. The van der Waals surface area contributed by atoms with Gasteiger partial charge in [-0.05, 0) is 38.2 Å². The molecule has 0 radical (unpaired) electrons. The molecule has 1 aliphatic heterocycles. The molecule has 0 aliphatic carbocycles. The standard InChI is InChI=1S/C16H21N3S/c1-11-6-8-14(9-7-11)15-12(2)5-4-10-19(15)16-17-13(3)18-20-16/h6-9,12,15H,4-5,10H2,1-3H3. The van der Waals surface area contributed by atoms with Crippen molar-refractivity contribution in [2.24, 2.45) is 5.92 Å². The Labute approximate surface area is 124 Å². The number of hydrogen-bond donors (Lipinski definition) is 0. The molecule has 0 amide bonds. The Kier molecular flexibility index (Phi) is 3.74. The molecule has 1 aromatic carbocycles. The van der Waals surface area contributed by atoms with Gasteiger partial charge in [0.05, 0.1) is 6.04 Å². The van der Waals surface area contributed by atoms with Crippen molar-refractivity contribution in [3.63, 3.8) is 0 Å². The number of anilines is 1. The second-order valence-corrected chi connectivity index (χ2v) is 6.52. The maximum atomic E-state index is 4.60. The predicted octanol–water partition coefficient (Wildman–Crippen LogP) is 4.13. The lowest BCUT2D eigenvalue weighted by atomic mass is 9.86. The molecule has 1 fully saturated rings. The second-order valence-electron chi connectivity index (χ2n) is 5.79. The van der Waals surface area contributed by atoms with Crippen LogP contribution in [0.2, 0.25) is 0 Å². The lowest BCUT2D eigenvalue weighted by Gasteiger charge is -2.40. The number of piperidine rings is 1. The number of benzene rings is 1. The number of nitrogens with zero attached hydrogens (tertiary/aromatic N) is 3. The minimum absolute atomic E-state index is 0.427. The number of rotatable bonds is 2. The van der Waals surface area contributed by atoms with Gasteiger partial charge in [-0.2, -0.15) is 4.37 Å². The van der Waals surface area contributed by atoms with E-state index in [2.05, 4.69) is 52.4 Å². The van der Waals surface area contributed by atoms with Gasteiger partial charge in [-0.3, -0.25) is 0 Å². The van der Waals surface area contributed by atoms with Gasteiger partial charge in [0.1, 0.15) is 5.82 Å². The summed E-state index contributed by atoms with van der Waals surface area (Å²) in [5.41, 5.74) is 2.71. The third-order valence-corrected chi connectivity index (χ3v) is 4.96. The molecule has 106 valence electrons. The first-order chi connectivity index (χ1) is 9.65. The van der Waals surface area contributed by atoms with Crippen LogP contribution in [0.15, 0.2) is 24.3 Å². The average molecular weight is 287 g/mol. The molecule has 0 bridgehead atoms. The molecule has 0 spiro atoms. The minimum atomic E-state index is 0.427. The lowest BCUT2D eigenvalue weighted by molar-refractivity contribution is 0.351. The van der Waals surface area contributed by atoms with Crippen molar-refractivity contribution in [2.45, 2.75) is 39.7 Å². The largest absolute Gasteiger partial charge is 0.340 e. The van der Waals surface area contributed by atoms with E-state index in [9.17, 15) is 0 Å². The van der Waals surface area contributed by atoms with Crippen LogP contribution in [0.1, 0.15) is 42.8 Å². The van der Waals surface area contributed by atoms with E-state index < -0.39 is 0 Å². The second kappa shape index (κ2) is 5.52. The van der Waals surface area contributed by atoms with E-state index in [1.54, 1.807) is 0 Å². The van der Waals surface area contributed by atoms with Crippen LogP contribution in [0.25, 0.3) is 0 Å². The van der Waals surface area contributed by atoms with Crippen molar-refractivity contribution in [3.8, 4) is 0 Å². The van der Waals surface area contributed by atoms with E-state index in [-0.39, 0.29) is 0 Å². The highest BCUT2D eigenvalue weighted by molar-refractivity contribution is 7.09. The van der Waals surface area contributed by atoms with Gasteiger partial charge in [0, 0.05) is 18.1 Å². The van der Waals surface area contributed by atoms with Crippen molar-refractivity contribution < 1.29 is 0 Å². The van der Waals surface area contributed by atoms with Crippen LogP contribution in [0, 0.1) is 19.8 Å². The fourth-order valence-corrected chi connectivity index (χ4v) is 3.81. The number of aryl methyl sites for hydroxylation is 2. The monoisotopic (exact) mass is 287 g/mol. The Morgan fingerprint density at radius 2 is 1.95 bits per heavy atom. The molecule has 2 aromatic rings. The molecule has 3 rings (SSSR count). The molecule has 1 aliphatic rings. The predicted molar refractivity (Wildman–Crippen MR) is 84.3 cm³/mol. The lowest BCUT2D eigenvalue weighted by Crippen LogP contribution is -2.38. The van der Waals surface area contributed by atoms with Crippen LogP contribution in [-0.4, -0.2) is 15.9 Å². The van der Waals surface area contributed by atoms with Gasteiger partial charge < -0.3 is 4.90 Å². The fraction of sp³-hybridized carbons (Fsp3) is 0.500. The third-order valence-electron chi connectivity index (χ3n) is 4.11. The molecule has 20 heavy (non-hydrogen) atoms. The molecule has 0 saturated carbocycles. The molecule has 1 aromatic heterocycles. The summed E-state index contributed by atoms with van der Waals surface area (Å²) in [4.78, 5) is 7.04. The highest BCUT2D eigenvalue weighted by Crippen LogP contribution is 2.39. The van der Waals surface area contributed by atoms with Crippen molar-refractivity contribution in [3.05, 3.63) is 41.2 Å². The molecular formula is C16H21N3S. The Morgan fingerprint density at radius 3 is 2.60 bits per heavy atom. The summed E-state index contributed by atoms with van der Waals surface area (Å²) in [6, 6.07) is 9.38. The highest BCUT2D eigenvalue weighted by atomic mass is 32.1. The van der Waals surface area contributed by atoms with Crippen LogP contribution in [-0.2, 0) is 0 Å². The van der Waals surface area contributed by atoms with Crippen LogP contribution in [0.5, 0.6) is 0 Å². The molecule has 2 unspecified atom stereocenters. The highest BCUT2D eigenvalue weighted by Gasteiger charge is 2.31. The number of hydrogen-bond acceptors (Lipinski definition) is 4. The Balaban J connectivity index is 1.96. The Hall–Kier alpha value is -1.42. The van der Waals surface area contributed by atoms with Crippen molar-refractivity contribution in [1.29, 1.82) is 0 Å². The zero-order valence-corrected chi connectivity index (χ0v) is 13.2. The summed E-state index contributed by atoms with van der Waals surface area (Å²) in [7, 11) is 0. The van der Waals surface area contributed by atoms with Crippen LogP contribution >= 0.6 is 11.5 Å². The zero-order valence-electron chi connectivity index (χ0n) is 12.3. The van der Waals surface area contributed by atoms with E-state index >= 15 is 0 Å². The molecule has 2 atom stereocenters.